The fourth-order valence-corrected chi connectivity index (χ4v) is 3.79. The minimum absolute atomic E-state index is 0.175. The SMILES string of the molecule is O[C@@H]1CCC[C@H]1[C@@H]1COCCN1Cc1ncc(C2CC2)o1. The van der Waals surface area contributed by atoms with Gasteiger partial charge in [-0.3, -0.25) is 4.90 Å². The second-order valence-electron chi connectivity index (χ2n) is 6.71. The van der Waals surface area contributed by atoms with Crippen LogP contribution in [0.4, 0.5) is 0 Å². The van der Waals surface area contributed by atoms with Crippen LogP contribution in [0.1, 0.15) is 49.7 Å². The Balaban J connectivity index is 1.45. The first-order chi connectivity index (χ1) is 10.3. The van der Waals surface area contributed by atoms with E-state index in [1.165, 1.54) is 12.8 Å². The lowest BCUT2D eigenvalue weighted by Gasteiger charge is -2.39. The van der Waals surface area contributed by atoms with Gasteiger partial charge in [0.1, 0.15) is 5.76 Å². The molecule has 4 rings (SSSR count). The molecule has 0 bridgehead atoms. The molecule has 1 aromatic rings. The first kappa shape index (κ1) is 13.7. The molecule has 1 N–H and O–H groups in total. The highest BCUT2D eigenvalue weighted by Gasteiger charge is 2.38. The molecule has 0 spiro atoms. The molecule has 2 heterocycles. The van der Waals surface area contributed by atoms with Gasteiger partial charge in [-0.25, -0.2) is 4.98 Å². The van der Waals surface area contributed by atoms with Crippen LogP contribution < -0.4 is 0 Å². The van der Waals surface area contributed by atoms with Gasteiger partial charge in [0.2, 0.25) is 5.89 Å². The van der Waals surface area contributed by atoms with Crippen LogP contribution in [0.5, 0.6) is 0 Å². The summed E-state index contributed by atoms with van der Waals surface area (Å²) >= 11 is 0. The number of hydrogen-bond donors (Lipinski definition) is 1. The highest BCUT2D eigenvalue weighted by Crippen LogP contribution is 2.40. The number of aliphatic hydroxyl groups excluding tert-OH is 1. The van der Waals surface area contributed by atoms with E-state index in [0.717, 1.165) is 57.2 Å². The van der Waals surface area contributed by atoms with Gasteiger partial charge in [0, 0.05) is 24.4 Å². The van der Waals surface area contributed by atoms with Crippen molar-refractivity contribution in [3.63, 3.8) is 0 Å². The number of morpholine rings is 1. The molecule has 0 amide bonds. The molecule has 5 nitrogen and oxygen atoms in total. The molecule has 116 valence electrons. The fourth-order valence-electron chi connectivity index (χ4n) is 3.79. The fraction of sp³-hybridized carbons (Fsp3) is 0.812. The van der Waals surface area contributed by atoms with Gasteiger partial charge in [0.05, 0.1) is 32.1 Å². The Labute approximate surface area is 125 Å². The van der Waals surface area contributed by atoms with Gasteiger partial charge in [0.15, 0.2) is 0 Å². The van der Waals surface area contributed by atoms with E-state index in [-0.39, 0.29) is 6.10 Å². The summed E-state index contributed by atoms with van der Waals surface area (Å²) in [5, 5.41) is 10.2. The van der Waals surface area contributed by atoms with Gasteiger partial charge in [-0.1, -0.05) is 6.42 Å². The Morgan fingerprint density at radius 2 is 2.19 bits per heavy atom. The highest BCUT2D eigenvalue weighted by molar-refractivity contribution is 5.08. The zero-order valence-corrected chi connectivity index (χ0v) is 12.4. The van der Waals surface area contributed by atoms with Crippen LogP contribution in [0.3, 0.4) is 0 Å². The van der Waals surface area contributed by atoms with Gasteiger partial charge in [0.25, 0.3) is 0 Å². The average molecular weight is 292 g/mol. The quantitative estimate of drug-likeness (QED) is 0.918. The third-order valence-corrected chi connectivity index (χ3v) is 5.20. The van der Waals surface area contributed by atoms with Crippen molar-refractivity contribution in [2.45, 2.75) is 56.7 Å². The predicted molar refractivity (Wildman–Crippen MR) is 76.8 cm³/mol. The van der Waals surface area contributed by atoms with E-state index in [0.29, 0.717) is 17.9 Å². The second-order valence-corrected chi connectivity index (χ2v) is 6.71. The first-order valence-corrected chi connectivity index (χ1v) is 8.26. The number of aromatic nitrogens is 1. The van der Waals surface area contributed by atoms with Crippen LogP contribution in [0, 0.1) is 5.92 Å². The van der Waals surface area contributed by atoms with Crippen molar-refractivity contribution in [3.8, 4) is 0 Å². The topological polar surface area (TPSA) is 58.7 Å². The maximum absolute atomic E-state index is 10.2. The number of oxazole rings is 1. The van der Waals surface area contributed by atoms with E-state index in [9.17, 15) is 5.11 Å². The van der Waals surface area contributed by atoms with Crippen LogP contribution in [0.2, 0.25) is 0 Å². The predicted octanol–water partition coefficient (Wildman–Crippen LogP) is 1.91. The monoisotopic (exact) mass is 292 g/mol. The summed E-state index contributed by atoms with van der Waals surface area (Å²) in [6, 6.07) is 0.299. The minimum atomic E-state index is -0.175. The Bertz CT molecular complexity index is 486. The van der Waals surface area contributed by atoms with E-state index in [4.69, 9.17) is 9.15 Å². The lowest BCUT2D eigenvalue weighted by atomic mass is 9.94. The highest BCUT2D eigenvalue weighted by atomic mass is 16.5. The van der Waals surface area contributed by atoms with Crippen LogP contribution >= 0.6 is 0 Å². The summed E-state index contributed by atoms with van der Waals surface area (Å²) < 4.78 is 11.6. The summed E-state index contributed by atoms with van der Waals surface area (Å²) in [5.41, 5.74) is 0. The lowest BCUT2D eigenvalue weighted by Crippen LogP contribution is -2.50. The van der Waals surface area contributed by atoms with Gasteiger partial charge in [-0.2, -0.15) is 0 Å². The van der Waals surface area contributed by atoms with Crippen LogP contribution in [-0.4, -0.2) is 46.9 Å². The molecule has 1 aliphatic heterocycles. The molecule has 1 saturated heterocycles. The molecule has 2 saturated carbocycles. The molecule has 2 aliphatic carbocycles. The molecular formula is C16H24N2O3. The van der Waals surface area contributed by atoms with Crippen molar-refractivity contribution in [2.75, 3.05) is 19.8 Å². The van der Waals surface area contributed by atoms with E-state index in [2.05, 4.69) is 9.88 Å². The molecule has 5 heteroatoms. The van der Waals surface area contributed by atoms with Crippen molar-refractivity contribution in [3.05, 3.63) is 17.8 Å². The zero-order chi connectivity index (χ0) is 14.2. The van der Waals surface area contributed by atoms with Crippen LogP contribution in [0.15, 0.2) is 10.6 Å². The summed E-state index contributed by atoms with van der Waals surface area (Å²) in [4.78, 5) is 6.83. The zero-order valence-electron chi connectivity index (χ0n) is 12.4. The molecular weight excluding hydrogens is 268 g/mol. The van der Waals surface area contributed by atoms with E-state index in [1.54, 1.807) is 0 Å². The largest absolute Gasteiger partial charge is 0.444 e. The van der Waals surface area contributed by atoms with E-state index >= 15 is 0 Å². The Morgan fingerprint density at radius 1 is 1.29 bits per heavy atom. The summed E-state index contributed by atoms with van der Waals surface area (Å²) in [6.07, 6.45) is 7.36. The smallest absolute Gasteiger partial charge is 0.208 e. The van der Waals surface area contributed by atoms with Crippen molar-refractivity contribution in [1.29, 1.82) is 0 Å². The molecule has 3 aliphatic rings. The molecule has 21 heavy (non-hydrogen) atoms. The third-order valence-electron chi connectivity index (χ3n) is 5.20. The van der Waals surface area contributed by atoms with Crippen LogP contribution in [0.25, 0.3) is 0 Å². The number of aliphatic hydroxyl groups is 1. The maximum atomic E-state index is 10.2. The third kappa shape index (κ3) is 2.87. The molecule has 3 atom stereocenters. The van der Waals surface area contributed by atoms with Crippen molar-refractivity contribution in [2.24, 2.45) is 5.92 Å². The molecule has 3 fully saturated rings. The van der Waals surface area contributed by atoms with E-state index < -0.39 is 0 Å². The van der Waals surface area contributed by atoms with Crippen molar-refractivity contribution >= 4 is 0 Å². The Hall–Kier alpha value is -0.910. The maximum Gasteiger partial charge on any atom is 0.208 e. The Morgan fingerprint density at radius 3 is 2.95 bits per heavy atom. The molecule has 0 unspecified atom stereocenters. The summed E-state index contributed by atoms with van der Waals surface area (Å²) in [5.74, 6) is 2.82. The van der Waals surface area contributed by atoms with Gasteiger partial charge in [-0.15, -0.1) is 0 Å². The van der Waals surface area contributed by atoms with Crippen molar-refractivity contribution < 1.29 is 14.3 Å². The second kappa shape index (κ2) is 5.71. The van der Waals surface area contributed by atoms with Gasteiger partial charge >= 0.3 is 0 Å². The van der Waals surface area contributed by atoms with Gasteiger partial charge < -0.3 is 14.3 Å². The molecule has 0 aromatic carbocycles. The lowest BCUT2D eigenvalue weighted by molar-refractivity contribution is -0.0563. The summed E-state index contributed by atoms with van der Waals surface area (Å²) in [6.45, 7) is 3.12. The van der Waals surface area contributed by atoms with Gasteiger partial charge in [-0.05, 0) is 25.7 Å². The molecule has 1 aromatic heterocycles. The average Bonchev–Trinajstić information content (AvgIpc) is 3.10. The number of hydrogen-bond acceptors (Lipinski definition) is 5. The number of rotatable bonds is 4. The number of ether oxygens (including phenoxy) is 1. The molecule has 0 radical (unpaired) electrons. The normalized spacial score (nSPS) is 34.4. The minimum Gasteiger partial charge on any atom is -0.444 e. The summed E-state index contributed by atoms with van der Waals surface area (Å²) in [7, 11) is 0. The number of nitrogens with zero attached hydrogens (tertiary/aromatic N) is 2. The standard InChI is InChI=1S/C16H24N2O3/c19-14-3-1-2-12(14)13-10-20-7-6-18(13)9-16-17-8-15(21-16)11-4-5-11/h8,11-14,19H,1-7,9-10H2/t12-,13-,14+/m0/s1. The van der Waals surface area contributed by atoms with Crippen LogP contribution in [-0.2, 0) is 11.3 Å². The first-order valence-electron chi connectivity index (χ1n) is 8.26. The Kier molecular flexibility index (Phi) is 3.73. The van der Waals surface area contributed by atoms with E-state index in [1.807, 2.05) is 6.20 Å². The van der Waals surface area contributed by atoms with Crippen molar-refractivity contribution in [1.82, 2.24) is 9.88 Å².